The van der Waals surface area contributed by atoms with Crippen molar-refractivity contribution in [3.63, 3.8) is 0 Å². The highest BCUT2D eigenvalue weighted by Gasteiger charge is 2.31. The van der Waals surface area contributed by atoms with Crippen molar-refractivity contribution in [3.8, 4) is 0 Å². The molecular formula is C25H22F3N5O. The molecule has 1 amide bonds. The van der Waals surface area contributed by atoms with Gasteiger partial charge < -0.3 is 10.2 Å². The van der Waals surface area contributed by atoms with Gasteiger partial charge in [0, 0.05) is 37.0 Å². The van der Waals surface area contributed by atoms with Gasteiger partial charge in [-0.15, -0.1) is 0 Å². The Morgan fingerprint density at radius 3 is 2.79 bits per heavy atom. The van der Waals surface area contributed by atoms with Crippen LogP contribution in [0.15, 0.2) is 67.3 Å². The molecule has 0 saturated carbocycles. The molecule has 1 aromatic carbocycles. The Morgan fingerprint density at radius 1 is 1.12 bits per heavy atom. The first kappa shape index (κ1) is 21.9. The molecule has 34 heavy (non-hydrogen) atoms. The van der Waals surface area contributed by atoms with E-state index in [0.29, 0.717) is 5.56 Å². The maximum absolute atomic E-state index is 13.0. The van der Waals surface area contributed by atoms with Crippen molar-refractivity contribution < 1.29 is 18.0 Å². The van der Waals surface area contributed by atoms with Gasteiger partial charge in [0.05, 0.1) is 23.6 Å². The number of imidazole rings is 1. The van der Waals surface area contributed by atoms with E-state index in [1.165, 1.54) is 6.20 Å². The molecule has 4 aromatic rings. The third kappa shape index (κ3) is 4.21. The van der Waals surface area contributed by atoms with Crippen LogP contribution in [0.25, 0.3) is 5.65 Å². The number of fused-ring (bicyclic) bond motifs is 1. The maximum atomic E-state index is 13.0. The van der Waals surface area contributed by atoms with E-state index in [1.54, 1.807) is 6.07 Å². The van der Waals surface area contributed by atoms with Gasteiger partial charge in [-0.3, -0.25) is 14.2 Å². The lowest BCUT2D eigenvalue weighted by molar-refractivity contribution is -0.137. The van der Waals surface area contributed by atoms with E-state index in [0.717, 1.165) is 54.4 Å². The van der Waals surface area contributed by atoms with Crippen molar-refractivity contribution in [2.45, 2.75) is 25.4 Å². The zero-order chi connectivity index (χ0) is 23.9. The summed E-state index contributed by atoms with van der Waals surface area (Å²) >= 11 is 0. The average Bonchev–Trinajstić information content (AvgIpc) is 3.46. The largest absolute Gasteiger partial charge is 0.417 e. The minimum absolute atomic E-state index is 0.00148. The summed E-state index contributed by atoms with van der Waals surface area (Å²) in [4.78, 5) is 23.2. The maximum Gasteiger partial charge on any atom is 0.417 e. The SMILES string of the molecule is Cc1ccc(C(=O)Nc2cncc(C(F)(F)F)c2)cc1C1CCN(c2cnc3ccccn23)C1. The number of carbonyl (C=O) groups is 1. The fourth-order valence-corrected chi connectivity index (χ4v) is 4.46. The van der Waals surface area contributed by atoms with Crippen LogP contribution >= 0.6 is 0 Å². The number of hydrogen-bond acceptors (Lipinski definition) is 4. The molecule has 1 atom stereocenters. The van der Waals surface area contributed by atoms with E-state index in [9.17, 15) is 18.0 Å². The van der Waals surface area contributed by atoms with Gasteiger partial charge in [-0.05, 0) is 54.8 Å². The quantitative estimate of drug-likeness (QED) is 0.444. The molecular weight excluding hydrogens is 443 g/mol. The molecule has 0 bridgehead atoms. The predicted molar refractivity (Wildman–Crippen MR) is 123 cm³/mol. The second-order valence-corrected chi connectivity index (χ2v) is 8.46. The van der Waals surface area contributed by atoms with Crippen molar-refractivity contribution in [3.05, 3.63) is 89.5 Å². The zero-order valence-corrected chi connectivity index (χ0v) is 18.4. The number of amides is 1. The fraction of sp³-hybridized carbons (Fsp3) is 0.240. The molecule has 6 nitrogen and oxygen atoms in total. The molecule has 1 N–H and O–H groups in total. The molecule has 4 heterocycles. The van der Waals surface area contributed by atoms with E-state index >= 15 is 0 Å². The standard InChI is InChI=1S/C25H22F3N5O/c1-16-5-6-17(24(34)31-20-11-19(12-29-13-20)25(26,27)28)10-21(16)18-7-9-32(15-18)23-14-30-22-4-2-3-8-33(22)23/h2-6,8,10-14,18H,7,9,15H2,1H3,(H,31,34). The number of aromatic nitrogens is 3. The summed E-state index contributed by atoms with van der Waals surface area (Å²) < 4.78 is 40.9. The fourth-order valence-electron chi connectivity index (χ4n) is 4.46. The summed E-state index contributed by atoms with van der Waals surface area (Å²) in [5.74, 6) is 0.776. The monoisotopic (exact) mass is 465 g/mol. The van der Waals surface area contributed by atoms with E-state index < -0.39 is 17.6 Å². The highest BCUT2D eigenvalue weighted by Crippen LogP contribution is 2.34. The first-order valence-corrected chi connectivity index (χ1v) is 10.9. The van der Waals surface area contributed by atoms with Crippen molar-refractivity contribution in [1.29, 1.82) is 0 Å². The Morgan fingerprint density at radius 2 is 1.97 bits per heavy atom. The summed E-state index contributed by atoms with van der Waals surface area (Å²) in [5.41, 5.74) is 2.51. The molecule has 174 valence electrons. The number of pyridine rings is 2. The number of benzene rings is 1. The van der Waals surface area contributed by atoms with Crippen molar-refractivity contribution >= 4 is 23.1 Å². The molecule has 1 unspecified atom stereocenters. The van der Waals surface area contributed by atoms with Gasteiger partial charge >= 0.3 is 6.18 Å². The van der Waals surface area contributed by atoms with Crippen LogP contribution in [-0.4, -0.2) is 33.4 Å². The summed E-state index contributed by atoms with van der Waals surface area (Å²) in [7, 11) is 0. The number of nitrogens with zero attached hydrogens (tertiary/aromatic N) is 4. The van der Waals surface area contributed by atoms with Crippen LogP contribution in [0.5, 0.6) is 0 Å². The van der Waals surface area contributed by atoms with Crippen molar-refractivity contribution in [2.24, 2.45) is 0 Å². The van der Waals surface area contributed by atoms with Crippen molar-refractivity contribution in [1.82, 2.24) is 14.4 Å². The smallest absolute Gasteiger partial charge is 0.356 e. The molecule has 1 saturated heterocycles. The molecule has 0 aliphatic carbocycles. The Labute approximate surface area is 194 Å². The van der Waals surface area contributed by atoms with Gasteiger partial charge in [0.1, 0.15) is 11.5 Å². The van der Waals surface area contributed by atoms with Crippen LogP contribution in [-0.2, 0) is 6.18 Å². The van der Waals surface area contributed by atoms with Gasteiger partial charge in [-0.25, -0.2) is 4.98 Å². The summed E-state index contributed by atoms with van der Waals surface area (Å²) in [6.45, 7) is 3.65. The van der Waals surface area contributed by atoms with E-state index in [-0.39, 0.29) is 11.6 Å². The minimum Gasteiger partial charge on any atom is -0.356 e. The second-order valence-electron chi connectivity index (χ2n) is 8.46. The minimum atomic E-state index is -4.53. The number of halogens is 3. The van der Waals surface area contributed by atoms with Crippen LogP contribution < -0.4 is 10.2 Å². The van der Waals surface area contributed by atoms with Gasteiger partial charge in [0.2, 0.25) is 0 Å². The molecule has 1 aliphatic rings. The summed E-state index contributed by atoms with van der Waals surface area (Å²) in [6.07, 6.45) is 2.19. The number of hydrogen-bond donors (Lipinski definition) is 1. The Balaban J connectivity index is 1.35. The van der Waals surface area contributed by atoms with E-state index in [2.05, 4.69) is 24.6 Å². The first-order valence-electron chi connectivity index (χ1n) is 10.9. The van der Waals surface area contributed by atoms with E-state index in [1.807, 2.05) is 49.6 Å². The molecule has 3 aromatic heterocycles. The predicted octanol–water partition coefficient (Wildman–Crippen LogP) is 5.30. The third-order valence-corrected chi connectivity index (χ3v) is 6.21. The second kappa shape index (κ2) is 8.48. The van der Waals surface area contributed by atoms with Crippen LogP contribution in [0.4, 0.5) is 24.7 Å². The lowest BCUT2D eigenvalue weighted by atomic mass is 9.92. The van der Waals surface area contributed by atoms with Gasteiger partial charge in [0.15, 0.2) is 0 Å². The molecule has 9 heteroatoms. The topological polar surface area (TPSA) is 62.5 Å². The molecule has 5 rings (SSSR count). The van der Waals surface area contributed by atoms with Crippen molar-refractivity contribution in [2.75, 3.05) is 23.3 Å². The first-order chi connectivity index (χ1) is 16.3. The highest BCUT2D eigenvalue weighted by molar-refractivity contribution is 6.04. The van der Waals surface area contributed by atoms with Crippen LogP contribution in [0.3, 0.4) is 0 Å². The highest BCUT2D eigenvalue weighted by atomic mass is 19.4. The van der Waals surface area contributed by atoms with E-state index in [4.69, 9.17) is 0 Å². The van der Waals surface area contributed by atoms with Gasteiger partial charge in [-0.2, -0.15) is 13.2 Å². The average molecular weight is 465 g/mol. The number of alkyl halides is 3. The number of aryl methyl sites for hydroxylation is 1. The van der Waals surface area contributed by atoms with Gasteiger partial charge in [-0.1, -0.05) is 12.1 Å². The summed E-state index contributed by atoms with van der Waals surface area (Å²) in [5, 5.41) is 2.54. The normalized spacial score (nSPS) is 16.2. The molecule has 0 radical (unpaired) electrons. The number of anilines is 2. The number of rotatable bonds is 4. The Kier molecular flexibility index (Phi) is 5.47. The summed E-state index contributed by atoms with van der Waals surface area (Å²) in [6, 6.07) is 12.2. The molecule has 1 fully saturated rings. The lowest BCUT2D eigenvalue weighted by Crippen LogP contribution is -2.21. The van der Waals surface area contributed by atoms with Crippen LogP contribution in [0, 0.1) is 6.92 Å². The molecule has 1 aliphatic heterocycles. The third-order valence-electron chi connectivity index (χ3n) is 6.21. The lowest BCUT2D eigenvalue weighted by Gasteiger charge is -2.19. The zero-order valence-electron chi connectivity index (χ0n) is 18.4. The van der Waals surface area contributed by atoms with Crippen LogP contribution in [0.2, 0.25) is 0 Å². The number of nitrogens with one attached hydrogen (secondary N) is 1. The Bertz CT molecular complexity index is 1360. The van der Waals surface area contributed by atoms with Crippen LogP contribution in [0.1, 0.15) is 39.4 Å². The Hall–Kier alpha value is -3.88. The molecule has 0 spiro atoms. The van der Waals surface area contributed by atoms with Gasteiger partial charge in [0.25, 0.3) is 5.91 Å². The number of carbonyl (C=O) groups excluding carboxylic acids is 1.